The summed E-state index contributed by atoms with van der Waals surface area (Å²) in [6, 6.07) is 0. The van der Waals surface area contributed by atoms with Gasteiger partial charge < -0.3 is 10.6 Å². The molecule has 0 saturated carbocycles. The molecule has 0 aliphatic carbocycles. The van der Waals surface area contributed by atoms with Crippen molar-refractivity contribution in [2.24, 2.45) is 5.92 Å². The molecule has 78 valence electrons. The van der Waals surface area contributed by atoms with E-state index in [4.69, 9.17) is 12.2 Å². The maximum Gasteiger partial charge on any atom is 0.166 e. The molecule has 0 amide bonds. The molecule has 1 aromatic rings. The minimum atomic E-state index is 0.606. The molecule has 0 saturated heterocycles. The van der Waals surface area contributed by atoms with Crippen molar-refractivity contribution in [1.29, 1.82) is 0 Å². The van der Waals surface area contributed by atoms with Gasteiger partial charge in [0.25, 0.3) is 0 Å². The summed E-state index contributed by atoms with van der Waals surface area (Å²) in [6.07, 6.45) is 0. The summed E-state index contributed by atoms with van der Waals surface area (Å²) in [5, 5.41) is 8.96. The fourth-order valence-electron chi connectivity index (χ4n) is 0.855. The van der Waals surface area contributed by atoms with Crippen LogP contribution in [0.5, 0.6) is 0 Å². The smallest absolute Gasteiger partial charge is 0.166 e. The van der Waals surface area contributed by atoms with Crippen LogP contribution in [0.2, 0.25) is 0 Å². The summed E-state index contributed by atoms with van der Waals surface area (Å²) >= 11 is 6.69. The van der Waals surface area contributed by atoms with Gasteiger partial charge in [0.15, 0.2) is 5.11 Å². The Labute approximate surface area is 93.9 Å². The van der Waals surface area contributed by atoms with Crippen molar-refractivity contribution in [3.8, 4) is 0 Å². The minimum absolute atomic E-state index is 0.606. The van der Waals surface area contributed by atoms with E-state index in [-0.39, 0.29) is 0 Å². The van der Waals surface area contributed by atoms with E-state index in [1.165, 1.54) is 0 Å². The third-order valence-corrected chi connectivity index (χ3v) is 2.51. The van der Waals surface area contributed by atoms with Gasteiger partial charge in [-0.1, -0.05) is 13.8 Å². The normalized spacial score (nSPS) is 10.2. The van der Waals surface area contributed by atoms with E-state index in [1.54, 1.807) is 11.3 Å². The van der Waals surface area contributed by atoms with Gasteiger partial charge in [-0.05, 0) is 18.1 Å². The second-order valence-electron chi connectivity index (χ2n) is 3.44. The molecule has 0 unspecified atom stereocenters. The Kier molecular flexibility index (Phi) is 4.82. The molecule has 1 rings (SSSR count). The zero-order valence-corrected chi connectivity index (χ0v) is 10.0. The van der Waals surface area contributed by atoms with Crippen LogP contribution in [-0.4, -0.2) is 16.6 Å². The molecule has 0 bridgehead atoms. The second kappa shape index (κ2) is 5.93. The molecule has 0 aromatic carbocycles. The minimum Gasteiger partial charge on any atom is -0.362 e. The number of thiocarbonyl (C=S) groups is 1. The average Bonchev–Trinajstić information content (AvgIpc) is 2.63. The molecular formula is C9H15N3S2. The Hall–Kier alpha value is -0.680. The zero-order valence-electron chi connectivity index (χ0n) is 8.41. The van der Waals surface area contributed by atoms with Crippen molar-refractivity contribution in [3.05, 3.63) is 16.6 Å². The van der Waals surface area contributed by atoms with E-state index in [1.807, 2.05) is 10.9 Å². The summed E-state index contributed by atoms with van der Waals surface area (Å²) in [5.41, 5.74) is 2.85. The van der Waals surface area contributed by atoms with Gasteiger partial charge in [0, 0.05) is 11.9 Å². The molecule has 1 heterocycles. The molecular weight excluding hydrogens is 214 g/mol. The standard InChI is InChI=1S/C9H15N3S2/c1-7(2)3-10-9(13)11-4-8-5-14-6-12-8/h5-7H,3-4H2,1-2H3,(H2,10,11,13). The summed E-state index contributed by atoms with van der Waals surface area (Å²) in [4.78, 5) is 4.15. The van der Waals surface area contributed by atoms with Crippen molar-refractivity contribution in [2.45, 2.75) is 20.4 Å². The Morgan fingerprint density at radius 2 is 2.36 bits per heavy atom. The van der Waals surface area contributed by atoms with Crippen molar-refractivity contribution >= 4 is 28.7 Å². The van der Waals surface area contributed by atoms with E-state index in [2.05, 4.69) is 29.5 Å². The monoisotopic (exact) mass is 229 g/mol. The topological polar surface area (TPSA) is 37.0 Å². The highest BCUT2D eigenvalue weighted by Crippen LogP contribution is 1.99. The molecule has 0 fully saturated rings. The zero-order chi connectivity index (χ0) is 10.4. The Morgan fingerprint density at radius 1 is 1.57 bits per heavy atom. The van der Waals surface area contributed by atoms with E-state index in [9.17, 15) is 0 Å². The van der Waals surface area contributed by atoms with Crippen LogP contribution in [0.3, 0.4) is 0 Å². The van der Waals surface area contributed by atoms with Gasteiger partial charge in [0.1, 0.15) is 0 Å². The number of hydrogen-bond acceptors (Lipinski definition) is 3. The van der Waals surface area contributed by atoms with Gasteiger partial charge in [0.05, 0.1) is 17.7 Å². The molecule has 1 aromatic heterocycles. The predicted molar refractivity (Wildman–Crippen MR) is 64.4 cm³/mol. The number of hydrogen-bond donors (Lipinski definition) is 2. The highest BCUT2D eigenvalue weighted by Gasteiger charge is 1.98. The highest BCUT2D eigenvalue weighted by molar-refractivity contribution is 7.80. The van der Waals surface area contributed by atoms with Crippen LogP contribution in [-0.2, 0) is 6.54 Å². The van der Waals surface area contributed by atoms with Crippen LogP contribution in [0.25, 0.3) is 0 Å². The first-order chi connectivity index (χ1) is 6.68. The number of nitrogens with zero attached hydrogens (tertiary/aromatic N) is 1. The first-order valence-corrected chi connectivity index (χ1v) is 5.92. The van der Waals surface area contributed by atoms with Crippen LogP contribution in [0, 0.1) is 5.92 Å². The third kappa shape index (κ3) is 4.53. The van der Waals surface area contributed by atoms with E-state index in [0.29, 0.717) is 17.6 Å². The lowest BCUT2D eigenvalue weighted by molar-refractivity contribution is 0.619. The number of nitrogens with one attached hydrogen (secondary N) is 2. The van der Waals surface area contributed by atoms with Gasteiger partial charge in [-0.2, -0.15) is 0 Å². The van der Waals surface area contributed by atoms with Crippen molar-refractivity contribution < 1.29 is 0 Å². The summed E-state index contributed by atoms with van der Waals surface area (Å²) in [5.74, 6) is 0.606. The maximum absolute atomic E-state index is 5.10. The van der Waals surface area contributed by atoms with Crippen LogP contribution < -0.4 is 10.6 Å². The van der Waals surface area contributed by atoms with Crippen molar-refractivity contribution in [3.63, 3.8) is 0 Å². The average molecular weight is 229 g/mol. The lowest BCUT2D eigenvalue weighted by Gasteiger charge is -2.10. The summed E-state index contributed by atoms with van der Waals surface area (Å²) in [7, 11) is 0. The van der Waals surface area contributed by atoms with Crippen LogP contribution in [0.1, 0.15) is 19.5 Å². The number of thiazole rings is 1. The van der Waals surface area contributed by atoms with Gasteiger partial charge >= 0.3 is 0 Å². The Morgan fingerprint density at radius 3 is 2.93 bits per heavy atom. The molecule has 5 heteroatoms. The molecule has 2 N–H and O–H groups in total. The lowest BCUT2D eigenvalue weighted by Crippen LogP contribution is -2.36. The lowest BCUT2D eigenvalue weighted by atomic mass is 10.2. The molecule has 0 aliphatic heterocycles. The van der Waals surface area contributed by atoms with Crippen LogP contribution >= 0.6 is 23.6 Å². The van der Waals surface area contributed by atoms with E-state index >= 15 is 0 Å². The number of rotatable bonds is 4. The SMILES string of the molecule is CC(C)CNC(=S)NCc1cscn1. The number of aromatic nitrogens is 1. The summed E-state index contributed by atoms with van der Waals surface area (Å²) < 4.78 is 0. The largest absolute Gasteiger partial charge is 0.362 e. The molecule has 0 spiro atoms. The molecule has 0 atom stereocenters. The Balaban J connectivity index is 2.15. The molecule has 3 nitrogen and oxygen atoms in total. The van der Waals surface area contributed by atoms with E-state index < -0.39 is 0 Å². The fraction of sp³-hybridized carbons (Fsp3) is 0.556. The predicted octanol–water partition coefficient (Wildman–Crippen LogP) is 1.76. The molecule has 0 aliphatic rings. The second-order valence-corrected chi connectivity index (χ2v) is 4.56. The maximum atomic E-state index is 5.10. The van der Waals surface area contributed by atoms with Crippen molar-refractivity contribution in [1.82, 2.24) is 15.6 Å². The first-order valence-electron chi connectivity index (χ1n) is 4.57. The van der Waals surface area contributed by atoms with Gasteiger partial charge in [-0.15, -0.1) is 11.3 Å². The van der Waals surface area contributed by atoms with Crippen LogP contribution in [0.15, 0.2) is 10.9 Å². The first kappa shape index (κ1) is 11.4. The fourth-order valence-corrected chi connectivity index (χ4v) is 1.57. The molecule has 14 heavy (non-hydrogen) atoms. The Bertz CT molecular complexity index is 270. The highest BCUT2D eigenvalue weighted by atomic mass is 32.1. The summed E-state index contributed by atoms with van der Waals surface area (Å²) in [6.45, 7) is 5.91. The van der Waals surface area contributed by atoms with Gasteiger partial charge in [-0.25, -0.2) is 4.98 Å². The van der Waals surface area contributed by atoms with Gasteiger partial charge in [-0.3, -0.25) is 0 Å². The third-order valence-electron chi connectivity index (χ3n) is 1.58. The van der Waals surface area contributed by atoms with Crippen LogP contribution in [0.4, 0.5) is 0 Å². The van der Waals surface area contributed by atoms with E-state index in [0.717, 1.165) is 12.2 Å². The van der Waals surface area contributed by atoms with Crippen molar-refractivity contribution in [2.75, 3.05) is 6.54 Å². The molecule has 0 radical (unpaired) electrons. The van der Waals surface area contributed by atoms with Gasteiger partial charge in [0.2, 0.25) is 0 Å². The quantitative estimate of drug-likeness (QED) is 0.772.